The summed E-state index contributed by atoms with van der Waals surface area (Å²) in [6.45, 7) is 0. The minimum absolute atomic E-state index is 0.141. The molecule has 0 atom stereocenters. The van der Waals surface area contributed by atoms with E-state index in [1.165, 1.54) is 6.42 Å². The first kappa shape index (κ1) is 14.5. The molecule has 0 saturated heterocycles. The fraction of sp³-hybridized carbons (Fsp3) is 0.412. The van der Waals surface area contributed by atoms with Crippen LogP contribution in [-0.2, 0) is 10.0 Å². The van der Waals surface area contributed by atoms with Gasteiger partial charge in [0.2, 0.25) is 10.0 Å². The van der Waals surface area contributed by atoms with Gasteiger partial charge in [0.05, 0.1) is 4.90 Å². The van der Waals surface area contributed by atoms with Gasteiger partial charge in [-0.2, -0.15) is 4.31 Å². The summed E-state index contributed by atoms with van der Waals surface area (Å²) in [6, 6.07) is 13.3. The lowest BCUT2D eigenvalue weighted by Crippen LogP contribution is -2.38. The number of fused-ring (bicyclic) bond motifs is 1. The Bertz CT molecular complexity index is 728. The SMILES string of the molecule is CN(C1CCCCC1)S(=O)(=O)c1cccc2ccccc12. The molecule has 0 aromatic heterocycles. The number of benzene rings is 2. The van der Waals surface area contributed by atoms with Crippen LogP contribution in [-0.4, -0.2) is 25.8 Å². The van der Waals surface area contributed by atoms with E-state index in [0.29, 0.717) is 4.90 Å². The van der Waals surface area contributed by atoms with Gasteiger partial charge in [0, 0.05) is 18.5 Å². The lowest BCUT2D eigenvalue weighted by molar-refractivity contribution is 0.286. The maximum Gasteiger partial charge on any atom is 0.243 e. The molecule has 0 amide bonds. The number of hydrogen-bond acceptors (Lipinski definition) is 2. The predicted octanol–water partition coefficient (Wildman–Crippen LogP) is 3.79. The molecule has 2 aromatic carbocycles. The second-order valence-electron chi connectivity index (χ2n) is 5.79. The van der Waals surface area contributed by atoms with Gasteiger partial charge in [0.25, 0.3) is 0 Å². The van der Waals surface area contributed by atoms with E-state index in [-0.39, 0.29) is 6.04 Å². The topological polar surface area (TPSA) is 37.4 Å². The second-order valence-corrected chi connectivity index (χ2v) is 7.76. The maximum absolute atomic E-state index is 13.0. The molecule has 21 heavy (non-hydrogen) atoms. The minimum atomic E-state index is -3.43. The molecule has 0 spiro atoms. The third-order valence-electron chi connectivity index (χ3n) is 4.50. The van der Waals surface area contributed by atoms with E-state index in [4.69, 9.17) is 0 Å². The first-order valence-electron chi connectivity index (χ1n) is 7.56. The molecule has 0 unspecified atom stereocenters. The molecule has 0 aliphatic heterocycles. The molecule has 0 heterocycles. The molecular weight excluding hydrogens is 282 g/mol. The van der Waals surface area contributed by atoms with Crippen LogP contribution in [0.25, 0.3) is 10.8 Å². The van der Waals surface area contributed by atoms with Crippen LogP contribution in [0.4, 0.5) is 0 Å². The van der Waals surface area contributed by atoms with Crippen LogP contribution in [0.15, 0.2) is 47.4 Å². The Balaban J connectivity index is 2.03. The normalized spacial score (nSPS) is 17.4. The highest BCUT2D eigenvalue weighted by Gasteiger charge is 2.29. The molecule has 3 nitrogen and oxygen atoms in total. The molecule has 0 N–H and O–H groups in total. The van der Waals surface area contributed by atoms with E-state index in [0.717, 1.165) is 36.5 Å². The van der Waals surface area contributed by atoms with Crippen molar-refractivity contribution in [1.29, 1.82) is 0 Å². The van der Waals surface area contributed by atoms with Gasteiger partial charge in [0.1, 0.15) is 0 Å². The molecular formula is C17H21NO2S. The van der Waals surface area contributed by atoms with Crippen molar-refractivity contribution in [2.45, 2.75) is 43.0 Å². The van der Waals surface area contributed by atoms with E-state index in [1.807, 2.05) is 36.4 Å². The van der Waals surface area contributed by atoms with E-state index in [9.17, 15) is 8.42 Å². The lowest BCUT2D eigenvalue weighted by Gasteiger charge is -2.30. The summed E-state index contributed by atoms with van der Waals surface area (Å²) in [5.41, 5.74) is 0. The monoisotopic (exact) mass is 303 g/mol. The smallest absolute Gasteiger partial charge is 0.207 e. The van der Waals surface area contributed by atoms with Crippen LogP contribution < -0.4 is 0 Å². The van der Waals surface area contributed by atoms with E-state index < -0.39 is 10.0 Å². The van der Waals surface area contributed by atoms with Crippen molar-refractivity contribution >= 4 is 20.8 Å². The third-order valence-corrected chi connectivity index (χ3v) is 6.46. The van der Waals surface area contributed by atoms with Crippen LogP contribution in [0, 0.1) is 0 Å². The molecule has 0 radical (unpaired) electrons. The van der Waals surface area contributed by atoms with Gasteiger partial charge < -0.3 is 0 Å². The zero-order valence-corrected chi connectivity index (χ0v) is 13.1. The average molecular weight is 303 g/mol. The van der Waals surface area contributed by atoms with Crippen molar-refractivity contribution in [2.24, 2.45) is 0 Å². The first-order valence-corrected chi connectivity index (χ1v) is 9.00. The average Bonchev–Trinajstić information content (AvgIpc) is 2.54. The molecule has 1 saturated carbocycles. The van der Waals surface area contributed by atoms with E-state index >= 15 is 0 Å². The Morgan fingerprint density at radius 3 is 2.38 bits per heavy atom. The minimum Gasteiger partial charge on any atom is -0.207 e. The molecule has 1 aliphatic carbocycles. The lowest BCUT2D eigenvalue weighted by atomic mass is 9.96. The highest BCUT2D eigenvalue weighted by molar-refractivity contribution is 7.89. The van der Waals surface area contributed by atoms with Gasteiger partial charge in [0.15, 0.2) is 0 Å². The third kappa shape index (κ3) is 2.70. The molecule has 112 valence electrons. The Morgan fingerprint density at radius 1 is 0.952 bits per heavy atom. The Morgan fingerprint density at radius 2 is 1.62 bits per heavy atom. The van der Waals surface area contributed by atoms with Crippen LogP contribution in [0.3, 0.4) is 0 Å². The molecule has 3 rings (SSSR count). The number of rotatable bonds is 3. The van der Waals surface area contributed by atoms with Crippen molar-refractivity contribution in [3.05, 3.63) is 42.5 Å². The first-order chi connectivity index (χ1) is 10.1. The summed E-state index contributed by atoms with van der Waals surface area (Å²) in [6.07, 6.45) is 5.42. The summed E-state index contributed by atoms with van der Waals surface area (Å²) in [7, 11) is -1.70. The highest BCUT2D eigenvalue weighted by atomic mass is 32.2. The number of nitrogens with zero attached hydrogens (tertiary/aromatic N) is 1. The van der Waals surface area contributed by atoms with Crippen LogP contribution >= 0.6 is 0 Å². The Labute approximate surface area is 126 Å². The van der Waals surface area contributed by atoms with Gasteiger partial charge in [-0.15, -0.1) is 0 Å². The zero-order chi connectivity index (χ0) is 14.9. The summed E-state index contributed by atoms with van der Waals surface area (Å²) in [5.74, 6) is 0. The van der Waals surface area contributed by atoms with Crippen molar-refractivity contribution in [2.75, 3.05) is 7.05 Å². The molecule has 2 aromatic rings. The van der Waals surface area contributed by atoms with Gasteiger partial charge in [-0.25, -0.2) is 8.42 Å². The van der Waals surface area contributed by atoms with Crippen molar-refractivity contribution in [1.82, 2.24) is 4.31 Å². The van der Waals surface area contributed by atoms with Crippen molar-refractivity contribution < 1.29 is 8.42 Å². The maximum atomic E-state index is 13.0. The van der Waals surface area contributed by atoms with Crippen LogP contribution in [0.1, 0.15) is 32.1 Å². The fourth-order valence-electron chi connectivity index (χ4n) is 3.22. The van der Waals surface area contributed by atoms with E-state index in [1.54, 1.807) is 17.4 Å². The van der Waals surface area contributed by atoms with Gasteiger partial charge in [-0.1, -0.05) is 55.7 Å². The quantitative estimate of drug-likeness (QED) is 0.865. The summed E-state index contributed by atoms with van der Waals surface area (Å²) < 4.78 is 27.5. The second kappa shape index (κ2) is 5.78. The number of hydrogen-bond donors (Lipinski definition) is 0. The van der Waals surface area contributed by atoms with Crippen LogP contribution in [0.2, 0.25) is 0 Å². The fourth-order valence-corrected chi connectivity index (χ4v) is 4.84. The summed E-state index contributed by atoms with van der Waals surface area (Å²) >= 11 is 0. The standard InChI is InChI=1S/C17H21NO2S/c1-18(15-10-3-2-4-11-15)21(19,20)17-13-7-9-14-8-5-6-12-16(14)17/h5-9,12-13,15H,2-4,10-11H2,1H3. The molecule has 4 heteroatoms. The summed E-state index contributed by atoms with van der Waals surface area (Å²) in [4.78, 5) is 0.425. The Hall–Kier alpha value is -1.39. The van der Waals surface area contributed by atoms with Gasteiger partial charge >= 0.3 is 0 Å². The van der Waals surface area contributed by atoms with Gasteiger partial charge in [-0.3, -0.25) is 0 Å². The molecule has 1 aliphatic rings. The van der Waals surface area contributed by atoms with E-state index in [2.05, 4.69) is 0 Å². The largest absolute Gasteiger partial charge is 0.243 e. The number of sulfonamides is 1. The molecule has 1 fully saturated rings. The zero-order valence-electron chi connectivity index (χ0n) is 12.3. The predicted molar refractivity (Wildman–Crippen MR) is 85.8 cm³/mol. The van der Waals surface area contributed by atoms with Crippen LogP contribution in [0.5, 0.6) is 0 Å². The Kier molecular flexibility index (Phi) is 4.00. The highest BCUT2D eigenvalue weighted by Crippen LogP contribution is 2.29. The summed E-state index contributed by atoms with van der Waals surface area (Å²) in [5, 5.41) is 1.78. The van der Waals surface area contributed by atoms with Crippen molar-refractivity contribution in [3.8, 4) is 0 Å². The van der Waals surface area contributed by atoms with Crippen molar-refractivity contribution in [3.63, 3.8) is 0 Å². The van der Waals surface area contributed by atoms with Gasteiger partial charge in [-0.05, 0) is 24.3 Å². The molecule has 0 bridgehead atoms.